The van der Waals surface area contributed by atoms with Crippen molar-refractivity contribution < 1.29 is 4.79 Å². The van der Waals surface area contributed by atoms with E-state index in [0.717, 1.165) is 31.5 Å². The second kappa shape index (κ2) is 7.68. The van der Waals surface area contributed by atoms with Crippen LogP contribution in [0.1, 0.15) is 32.3 Å². The van der Waals surface area contributed by atoms with Crippen LogP contribution in [0.15, 0.2) is 18.2 Å². The maximum absolute atomic E-state index is 12.3. The smallest absolute Gasteiger partial charge is 0.225 e. The van der Waals surface area contributed by atoms with Crippen LogP contribution < -0.4 is 10.6 Å². The molecule has 1 heterocycles. The van der Waals surface area contributed by atoms with Gasteiger partial charge in [0.15, 0.2) is 0 Å². The van der Waals surface area contributed by atoms with Crippen molar-refractivity contribution in [1.29, 1.82) is 0 Å². The van der Waals surface area contributed by atoms with Crippen LogP contribution in [0.2, 0.25) is 10.0 Å². The number of halogens is 3. The van der Waals surface area contributed by atoms with Gasteiger partial charge < -0.3 is 10.6 Å². The van der Waals surface area contributed by atoms with Gasteiger partial charge in [-0.05, 0) is 50.9 Å². The standard InChI is InChI=1S/C15H20Cl2N2O.ClH/c1-15(2,11-5-6-12(16)13(17)8-11)19-14(20)10-4-3-7-18-9-10;/h5-6,8,10,18H,3-4,7,9H2,1-2H3,(H,19,20);1H. The van der Waals surface area contributed by atoms with E-state index in [0.29, 0.717) is 10.0 Å². The van der Waals surface area contributed by atoms with Crippen LogP contribution in [0.3, 0.4) is 0 Å². The fourth-order valence-corrected chi connectivity index (χ4v) is 2.74. The molecule has 0 bridgehead atoms. The van der Waals surface area contributed by atoms with Crippen LogP contribution in [-0.2, 0) is 10.3 Å². The van der Waals surface area contributed by atoms with E-state index in [1.807, 2.05) is 26.0 Å². The third-order valence-electron chi connectivity index (χ3n) is 3.74. The molecule has 1 atom stereocenters. The average molecular weight is 352 g/mol. The third-order valence-corrected chi connectivity index (χ3v) is 4.48. The van der Waals surface area contributed by atoms with Crippen LogP contribution in [0, 0.1) is 5.92 Å². The SMILES string of the molecule is CC(C)(NC(=O)C1CCCNC1)c1ccc(Cl)c(Cl)c1.Cl. The minimum Gasteiger partial charge on any atom is -0.347 e. The molecule has 0 radical (unpaired) electrons. The summed E-state index contributed by atoms with van der Waals surface area (Å²) in [5, 5.41) is 7.39. The summed E-state index contributed by atoms with van der Waals surface area (Å²) in [6.07, 6.45) is 1.99. The maximum atomic E-state index is 12.3. The molecule has 2 rings (SSSR count). The molecule has 1 aliphatic rings. The first-order chi connectivity index (χ1) is 9.40. The number of hydrogen-bond acceptors (Lipinski definition) is 2. The van der Waals surface area contributed by atoms with Gasteiger partial charge in [-0.3, -0.25) is 4.79 Å². The number of piperidine rings is 1. The zero-order valence-corrected chi connectivity index (χ0v) is 14.5. The van der Waals surface area contributed by atoms with Crippen LogP contribution in [-0.4, -0.2) is 19.0 Å². The molecule has 6 heteroatoms. The Hall–Kier alpha value is -0.480. The van der Waals surface area contributed by atoms with E-state index >= 15 is 0 Å². The van der Waals surface area contributed by atoms with Gasteiger partial charge in [0, 0.05) is 6.54 Å². The first-order valence-corrected chi connectivity index (χ1v) is 7.64. The minimum absolute atomic E-state index is 0. The lowest BCUT2D eigenvalue weighted by molar-refractivity contribution is -0.127. The van der Waals surface area contributed by atoms with E-state index in [2.05, 4.69) is 10.6 Å². The van der Waals surface area contributed by atoms with Crippen LogP contribution in [0.25, 0.3) is 0 Å². The Labute approximate surface area is 142 Å². The van der Waals surface area contributed by atoms with Crippen molar-refractivity contribution in [3.05, 3.63) is 33.8 Å². The lowest BCUT2D eigenvalue weighted by Gasteiger charge is -2.31. The van der Waals surface area contributed by atoms with Crippen molar-refractivity contribution in [3.63, 3.8) is 0 Å². The number of carbonyl (C=O) groups excluding carboxylic acids is 1. The van der Waals surface area contributed by atoms with Gasteiger partial charge in [-0.1, -0.05) is 29.3 Å². The van der Waals surface area contributed by atoms with E-state index in [4.69, 9.17) is 23.2 Å². The second-order valence-electron chi connectivity index (χ2n) is 5.79. The Bertz CT molecular complexity index is 500. The number of nitrogens with one attached hydrogen (secondary N) is 2. The van der Waals surface area contributed by atoms with Gasteiger partial charge >= 0.3 is 0 Å². The van der Waals surface area contributed by atoms with Gasteiger partial charge in [-0.2, -0.15) is 0 Å². The molecule has 3 nitrogen and oxygen atoms in total. The van der Waals surface area contributed by atoms with Crippen molar-refractivity contribution in [2.24, 2.45) is 5.92 Å². The fraction of sp³-hybridized carbons (Fsp3) is 0.533. The van der Waals surface area contributed by atoms with Crippen molar-refractivity contribution in [2.75, 3.05) is 13.1 Å². The van der Waals surface area contributed by atoms with Gasteiger partial charge in [0.05, 0.1) is 21.5 Å². The van der Waals surface area contributed by atoms with E-state index in [9.17, 15) is 4.79 Å². The van der Waals surface area contributed by atoms with Crippen LogP contribution in [0.4, 0.5) is 0 Å². The molecule has 2 N–H and O–H groups in total. The second-order valence-corrected chi connectivity index (χ2v) is 6.60. The van der Waals surface area contributed by atoms with E-state index in [1.165, 1.54) is 0 Å². The lowest BCUT2D eigenvalue weighted by atomic mass is 9.91. The number of rotatable bonds is 3. The molecule has 1 aromatic carbocycles. The molecule has 0 saturated carbocycles. The first kappa shape index (κ1) is 18.6. The van der Waals surface area contributed by atoms with Gasteiger partial charge in [-0.15, -0.1) is 12.4 Å². The summed E-state index contributed by atoms with van der Waals surface area (Å²) >= 11 is 12.0. The molecule has 118 valence electrons. The Morgan fingerprint density at radius 2 is 2.05 bits per heavy atom. The summed E-state index contributed by atoms with van der Waals surface area (Å²) in [6, 6.07) is 5.46. The molecule has 1 fully saturated rings. The molecule has 1 saturated heterocycles. The summed E-state index contributed by atoms with van der Waals surface area (Å²) in [5.74, 6) is 0.138. The summed E-state index contributed by atoms with van der Waals surface area (Å²) in [7, 11) is 0. The topological polar surface area (TPSA) is 41.1 Å². The molecule has 0 aromatic heterocycles. The van der Waals surface area contributed by atoms with Crippen molar-refractivity contribution in [3.8, 4) is 0 Å². The molecular formula is C15H21Cl3N2O. The molecule has 21 heavy (non-hydrogen) atoms. The summed E-state index contributed by atoms with van der Waals surface area (Å²) < 4.78 is 0. The van der Waals surface area contributed by atoms with Crippen LogP contribution >= 0.6 is 35.6 Å². The van der Waals surface area contributed by atoms with Crippen LogP contribution in [0.5, 0.6) is 0 Å². The number of carbonyl (C=O) groups is 1. The Balaban J connectivity index is 0.00000220. The Morgan fingerprint density at radius 3 is 2.62 bits per heavy atom. The largest absolute Gasteiger partial charge is 0.347 e. The molecule has 1 aromatic rings. The molecule has 1 aliphatic heterocycles. The average Bonchev–Trinajstić information content (AvgIpc) is 2.42. The van der Waals surface area contributed by atoms with E-state index in [1.54, 1.807) is 6.07 Å². The molecule has 1 amide bonds. The summed E-state index contributed by atoms with van der Waals surface area (Å²) in [6.45, 7) is 5.70. The molecule has 0 spiro atoms. The molecule has 0 aliphatic carbocycles. The Morgan fingerprint density at radius 1 is 1.33 bits per heavy atom. The van der Waals surface area contributed by atoms with Gasteiger partial charge in [0.1, 0.15) is 0 Å². The monoisotopic (exact) mass is 350 g/mol. The fourth-order valence-electron chi connectivity index (χ4n) is 2.44. The highest BCUT2D eigenvalue weighted by Crippen LogP contribution is 2.28. The zero-order valence-electron chi connectivity index (χ0n) is 12.2. The van der Waals surface area contributed by atoms with Crippen molar-refractivity contribution >= 4 is 41.5 Å². The minimum atomic E-state index is -0.469. The van der Waals surface area contributed by atoms with E-state index < -0.39 is 5.54 Å². The first-order valence-electron chi connectivity index (χ1n) is 6.88. The van der Waals surface area contributed by atoms with Gasteiger partial charge in [0.2, 0.25) is 5.91 Å². The zero-order chi connectivity index (χ0) is 14.8. The normalized spacial score (nSPS) is 18.8. The van der Waals surface area contributed by atoms with E-state index in [-0.39, 0.29) is 24.2 Å². The maximum Gasteiger partial charge on any atom is 0.225 e. The highest BCUT2D eigenvalue weighted by molar-refractivity contribution is 6.42. The predicted molar refractivity (Wildman–Crippen MR) is 90.5 cm³/mol. The van der Waals surface area contributed by atoms with Gasteiger partial charge in [0.25, 0.3) is 0 Å². The molecular weight excluding hydrogens is 331 g/mol. The molecule has 1 unspecified atom stereocenters. The summed E-state index contributed by atoms with van der Waals surface area (Å²) in [4.78, 5) is 12.3. The van der Waals surface area contributed by atoms with Gasteiger partial charge in [-0.25, -0.2) is 0 Å². The lowest BCUT2D eigenvalue weighted by Crippen LogP contribution is -2.47. The number of hydrogen-bond donors (Lipinski definition) is 2. The quantitative estimate of drug-likeness (QED) is 0.870. The number of amides is 1. The highest BCUT2D eigenvalue weighted by atomic mass is 35.5. The Kier molecular flexibility index (Phi) is 6.79. The summed E-state index contributed by atoms with van der Waals surface area (Å²) in [5.41, 5.74) is 0.479. The number of benzene rings is 1. The predicted octanol–water partition coefficient (Wildman–Crippen LogP) is 3.77. The van der Waals surface area contributed by atoms with Crippen molar-refractivity contribution in [2.45, 2.75) is 32.2 Å². The highest BCUT2D eigenvalue weighted by Gasteiger charge is 2.28. The third kappa shape index (κ3) is 4.75. The van der Waals surface area contributed by atoms with Crippen molar-refractivity contribution in [1.82, 2.24) is 10.6 Å².